The van der Waals surface area contributed by atoms with Gasteiger partial charge in [-0.05, 0) is 73.3 Å². The highest BCUT2D eigenvalue weighted by atomic mass is 16.2. The summed E-state index contributed by atoms with van der Waals surface area (Å²) in [6.45, 7) is 3.46. The summed E-state index contributed by atoms with van der Waals surface area (Å²) < 4.78 is 0. The third-order valence-electron chi connectivity index (χ3n) is 12.7. The van der Waals surface area contributed by atoms with Crippen molar-refractivity contribution >= 4 is 69.9 Å². The Morgan fingerprint density at radius 1 is 0.736 bits per heavy atom. The van der Waals surface area contributed by atoms with E-state index in [1.54, 1.807) is 30.3 Å². The minimum atomic E-state index is -1.46. The van der Waals surface area contributed by atoms with Crippen molar-refractivity contribution in [3.8, 4) is 0 Å². The Kier molecular flexibility index (Phi) is 21.3. The normalized spacial score (nSPS) is 22.4. The first kappa shape index (κ1) is 55.3. The zero-order chi connectivity index (χ0) is 52.2. The summed E-state index contributed by atoms with van der Waals surface area (Å²) in [5.74, 6) is -6.39. The molecule has 0 aliphatic carbocycles. The van der Waals surface area contributed by atoms with Crippen molar-refractivity contribution in [2.75, 3.05) is 19.6 Å². The number of carbonyl (C=O) groups is 9. The van der Waals surface area contributed by atoms with Gasteiger partial charge in [0.2, 0.25) is 53.2 Å². The maximum absolute atomic E-state index is 14.7. The van der Waals surface area contributed by atoms with Crippen LogP contribution < -0.4 is 54.4 Å². The molecule has 21 heteroatoms. The van der Waals surface area contributed by atoms with Crippen molar-refractivity contribution in [2.24, 2.45) is 22.2 Å². The van der Waals surface area contributed by atoms with E-state index in [2.05, 4.69) is 42.2 Å². The van der Waals surface area contributed by atoms with E-state index in [4.69, 9.17) is 17.2 Å². The molecule has 0 unspecified atom stereocenters. The number of amides is 9. The van der Waals surface area contributed by atoms with Crippen LogP contribution in [0, 0.1) is 0 Å². The zero-order valence-corrected chi connectivity index (χ0v) is 41.1. The molecular formula is C51H70N12O9. The fourth-order valence-corrected chi connectivity index (χ4v) is 8.87. The van der Waals surface area contributed by atoms with Crippen LogP contribution >= 0.6 is 0 Å². The number of rotatable bonds is 15. The molecule has 5 rings (SSSR count). The minimum absolute atomic E-state index is 0.00403. The number of guanidine groups is 1. The summed E-state index contributed by atoms with van der Waals surface area (Å²) in [6, 6.07) is 13.4. The second-order valence-corrected chi connectivity index (χ2v) is 18.4. The van der Waals surface area contributed by atoms with Gasteiger partial charge >= 0.3 is 0 Å². The van der Waals surface area contributed by atoms with Crippen LogP contribution in [0.4, 0.5) is 0 Å². The fraction of sp³-hybridized carbons (Fsp3) is 0.490. The first-order chi connectivity index (χ1) is 34.5. The predicted molar refractivity (Wildman–Crippen MR) is 270 cm³/mol. The number of carbonyl (C=O) groups excluding carboxylic acids is 9. The summed E-state index contributed by atoms with van der Waals surface area (Å²) in [5, 5.41) is 21.0. The summed E-state index contributed by atoms with van der Waals surface area (Å²) in [6.07, 6.45) is 2.43. The molecule has 3 aromatic rings. The number of hydrogen-bond acceptors (Lipinski definition) is 10. The molecule has 7 atom stereocenters. The Morgan fingerprint density at radius 2 is 1.39 bits per heavy atom. The molecule has 2 fully saturated rings. The standard InChI is InChI=1S/C51H70N12O9/c1-3-4-18-37(57-31(2)64)45(67)62-41-30-43(65)55-24-11-10-19-36(44(52)66)58-47(69)39(28-32-14-6-5-7-15-32)60-46(68)38(20-12-25-56-51(53)54)59-48(70)40(61-49(71)42-21-13-26-63(42)50(41)72)29-33-22-23-34-16-8-9-17-35(34)27-33/h5-9,14-17,22-23,27,36-42H,3-4,10-13,18-21,24-26,28-30H2,1-2H3,(H2,52,66)(H,55,65)(H,57,64)(H,58,69)(H,59,70)(H,60,68)(H,61,71)(H,62,67)(H4,53,54,56)/t36-,37-,38-,39+,40+,41-,42-/m0/s1. The first-order valence-electron chi connectivity index (χ1n) is 24.7. The van der Waals surface area contributed by atoms with Gasteiger partial charge in [0.15, 0.2) is 5.96 Å². The molecule has 2 aliphatic heterocycles. The first-order valence-corrected chi connectivity index (χ1v) is 24.7. The molecule has 0 bridgehead atoms. The highest BCUT2D eigenvalue weighted by Crippen LogP contribution is 2.22. The van der Waals surface area contributed by atoms with Gasteiger partial charge in [0, 0.05) is 39.4 Å². The molecule has 72 heavy (non-hydrogen) atoms. The van der Waals surface area contributed by atoms with Crippen LogP contribution in [0.5, 0.6) is 0 Å². The third-order valence-corrected chi connectivity index (χ3v) is 12.7. The number of aliphatic imine (C=N–C) groups is 1. The van der Waals surface area contributed by atoms with Gasteiger partial charge < -0.3 is 59.3 Å². The van der Waals surface area contributed by atoms with Gasteiger partial charge in [-0.25, -0.2) is 0 Å². The van der Waals surface area contributed by atoms with Crippen molar-refractivity contribution < 1.29 is 43.2 Å². The van der Waals surface area contributed by atoms with Crippen molar-refractivity contribution in [1.82, 2.24) is 42.1 Å². The number of nitrogens with one attached hydrogen (secondary N) is 7. The average Bonchev–Trinajstić information content (AvgIpc) is 3.85. The largest absolute Gasteiger partial charge is 0.370 e. The second kappa shape index (κ2) is 27.7. The SMILES string of the molecule is CCCC[C@H](NC(C)=O)C(=O)N[C@H]1CC(=O)NCCCC[C@@H](C(N)=O)NC(=O)[C@@H](Cc2ccccc2)NC(=O)[C@H](CCCN=C(N)N)NC(=O)[C@@H](Cc2ccc3ccccc3c2)NC(=O)[C@@H]2CCCN2C1=O. The van der Waals surface area contributed by atoms with Gasteiger partial charge in [-0.2, -0.15) is 0 Å². The van der Waals surface area contributed by atoms with Gasteiger partial charge in [-0.3, -0.25) is 48.1 Å². The predicted octanol–water partition coefficient (Wildman–Crippen LogP) is -0.0360. The van der Waals surface area contributed by atoms with E-state index in [1.807, 2.05) is 49.4 Å². The lowest BCUT2D eigenvalue weighted by molar-refractivity contribution is -0.143. The molecule has 21 nitrogen and oxygen atoms in total. The second-order valence-electron chi connectivity index (χ2n) is 18.4. The Balaban J connectivity index is 1.54. The fourth-order valence-electron chi connectivity index (χ4n) is 8.87. The van der Waals surface area contributed by atoms with Crippen LogP contribution in [0.3, 0.4) is 0 Å². The molecule has 2 saturated heterocycles. The topological polar surface area (TPSA) is 331 Å². The summed E-state index contributed by atoms with van der Waals surface area (Å²) >= 11 is 0. The molecular weight excluding hydrogens is 925 g/mol. The van der Waals surface area contributed by atoms with Crippen molar-refractivity contribution in [2.45, 2.75) is 140 Å². The number of primary amides is 1. The summed E-state index contributed by atoms with van der Waals surface area (Å²) in [4.78, 5) is 130. The number of nitrogens with zero attached hydrogens (tertiary/aromatic N) is 2. The molecule has 0 radical (unpaired) electrons. The monoisotopic (exact) mass is 995 g/mol. The summed E-state index contributed by atoms with van der Waals surface area (Å²) in [5.41, 5.74) is 18.3. The Morgan fingerprint density at radius 3 is 2.08 bits per heavy atom. The van der Waals surface area contributed by atoms with E-state index >= 15 is 0 Å². The molecule has 0 aromatic heterocycles. The number of hydrogen-bond donors (Lipinski definition) is 10. The highest BCUT2D eigenvalue weighted by molar-refractivity contribution is 5.99. The molecule has 0 spiro atoms. The van der Waals surface area contributed by atoms with Crippen LogP contribution in [-0.4, -0.2) is 126 Å². The number of unbranched alkanes of at least 4 members (excludes halogenated alkanes) is 1. The van der Waals surface area contributed by atoms with E-state index in [-0.39, 0.29) is 70.5 Å². The third kappa shape index (κ3) is 17.1. The van der Waals surface area contributed by atoms with E-state index in [1.165, 1.54) is 11.8 Å². The molecule has 13 N–H and O–H groups in total. The van der Waals surface area contributed by atoms with Crippen LogP contribution in [0.25, 0.3) is 10.8 Å². The molecule has 388 valence electrons. The Hall–Kier alpha value is -7.58. The zero-order valence-electron chi connectivity index (χ0n) is 41.1. The maximum atomic E-state index is 14.7. The molecule has 9 amide bonds. The lowest BCUT2D eigenvalue weighted by Crippen LogP contribution is -2.60. The van der Waals surface area contributed by atoms with E-state index < -0.39 is 102 Å². The van der Waals surface area contributed by atoms with Gasteiger partial charge in [-0.1, -0.05) is 92.6 Å². The van der Waals surface area contributed by atoms with E-state index in [0.29, 0.717) is 43.2 Å². The van der Waals surface area contributed by atoms with E-state index in [9.17, 15) is 43.2 Å². The molecule has 2 heterocycles. The van der Waals surface area contributed by atoms with Crippen LogP contribution in [0.15, 0.2) is 77.8 Å². The van der Waals surface area contributed by atoms with Crippen molar-refractivity contribution in [1.29, 1.82) is 0 Å². The van der Waals surface area contributed by atoms with Crippen LogP contribution in [0.1, 0.15) is 95.6 Å². The van der Waals surface area contributed by atoms with Gasteiger partial charge in [0.25, 0.3) is 0 Å². The van der Waals surface area contributed by atoms with Crippen LogP contribution in [-0.2, 0) is 56.0 Å². The molecule has 0 saturated carbocycles. The van der Waals surface area contributed by atoms with Gasteiger partial charge in [0.1, 0.15) is 42.3 Å². The quantitative estimate of drug-likeness (QED) is 0.0548. The minimum Gasteiger partial charge on any atom is -0.370 e. The smallest absolute Gasteiger partial charge is 0.246 e. The highest BCUT2D eigenvalue weighted by Gasteiger charge is 2.41. The van der Waals surface area contributed by atoms with E-state index in [0.717, 1.165) is 10.8 Å². The Bertz CT molecular complexity index is 2430. The number of benzene rings is 3. The van der Waals surface area contributed by atoms with Gasteiger partial charge in [0.05, 0.1) is 6.42 Å². The average molecular weight is 995 g/mol. The van der Waals surface area contributed by atoms with Crippen molar-refractivity contribution in [3.05, 3.63) is 83.9 Å². The summed E-state index contributed by atoms with van der Waals surface area (Å²) in [7, 11) is 0. The lowest BCUT2D eigenvalue weighted by Gasteiger charge is -2.31. The Labute approximate surface area is 419 Å². The maximum Gasteiger partial charge on any atom is 0.246 e. The van der Waals surface area contributed by atoms with Crippen molar-refractivity contribution in [3.63, 3.8) is 0 Å². The van der Waals surface area contributed by atoms with Crippen LogP contribution in [0.2, 0.25) is 0 Å². The lowest BCUT2D eigenvalue weighted by atomic mass is 9.99. The molecule has 3 aromatic carbocycles. The van der Waals surface area contributed by atoms with Gasteiger partial charge in [-0.15, -0.1) is 0 Å². The molecule has 2 aliphatic rings. The number of fused-ring (bicyclic) bond motifs is 2. The number of nitrogens with two attached hydrogens (primary N) is 3.